The summed E-state index contributed by atoms with van der Waals surface area (Å²) >= 11 is 0. The van der Waals surface area contributed by atoms with E-state index >= 15 is 0 Å². The number of carbonyl (C=O) groups excluding carboxylic acids is 2. The van der Waals surface area contributed by atoms with E-state index < -0.39 is 17.1 Å². The third kappa shape index (κ3) is 3.00. The van der Waals surface area contributed by atoms with Gasteiger partial charge in [0.1, 0.15) is 0 Å². The Morgan fingerprint density at radius 3 is 2.78 bits per heavy atom. The van der Waals surface area contributed by atoms with Crippen LogP contribution in [-0.2, 0) is 21.4 Å². The standard InChI is InChI=1S/C30H32N2O4/c1-18-2-4-19(5-3-18)8-11-25(35)31-30-13-12-23(34)28-29(30)14-15-32(17-20-6-7-20)24(30)16-21-9-10-22(33)27(36-28)26(21)29/h2-5,8-11,20,24,28,33H,6-7,12-17H2,1H3,(H,31,35)/b11-8+/t24?,28-,29?,30+/m0/s1. The summed E-state index contributed by atoms with van der Waals surface area (Å²) in [5, 5.41) is 14.2. The van der Waals surface area contributed by atoms with E-state index in [-0.39, 0.29) is 23.5 Å². The number of amides is 1. The molecule has 6 heteroatoms. The second kappa shape index (κ2) is 7.69. The first kappa shape index (κ1) is 22.1. The average molecular weight is 485 g/mol. The first-order valence-corrected chi connectivity index (χ1v) is 13.3. The summed E-state index contributed by atoms with van der Waals surface area (Å²) in [5.41, 5.74) is 2.99. The van der Waals surface area contributed by atoms with Crippen LogP contribution >= 0.6 is 0 Å². The van der Waals surface area contributed by atoms with Crippen LogP contribution in [0.3, 0.4) is 0 Å². The number of hydrogen-bond donors (Lipinski definition) is 2. The number of aromatic hydroxyl groups is 1. The first-order valence-electron chi connectivity index (χ1n) is 13.3. The Balaban J connectivity index is 1.33. The number of nitrogens with zero attached hydrogens (tertiary/aromatic N) is 1. The van der Waals surface area contributed by atoms with Crippen LogP contribution in [0.4, 0.5) is 0 Å². The van der Waals surface area contributed by atoms with E-state index in [0.29, 0.717) is 18.6 Å². The van der Waals surface area contributed by atoms with Crippen molar-refractivity contribution in [3.8, 4) is 11.5 Å². The van der Waals surface area contributed by atoms with Crippen LogP contribution in [0.25, 0.3) is 6.08 Å². The van der Waals surface area contributed by atoms with Crippen LogP contribution in [0, 0.1) is 12.8 Å². The highest BCUT2D eigenvalue weighted by molar-refractivity contribution is 5.95. The number of nitrogens with one attached hydrogen (secondary N) is 1. The lowest BCUT2D eigenvalue weighted by molar-refractivity contribution is -0.148. The fourth-order valence-corrected chi connectivity index (χ4v) is 7.67. The van der Waals surface area contributed by atoms with Crippen LogP contribution in [0.5, 0.6) is 11.5 Å². The SMILES string of the molecule is Cc1ccc(/C=C/C(=O)N[C@@]23CCC(=O)[C@@H]4Oc5c(O)ccc6c5C42CCN(CC2CC2)C3C6)cc1. The first-order chi connectivity index (χ1) is 17.4. The van der Waals surface area contributed by atoms with Gasteiger partial charge in [-0.05, 0) is 74.8 Å². The number of aryl methyl sites for hydroxylation is 1. The Labute approximate surface area is 211 Å². The predicted molar refractivity (Wildman–Crippen MR) is 136 cm³/mol. The highest BCUT2D eigenvalue weighted by Gasteiger charge is 2.73. The molecule has 7 rings (SSSR count). The van der Waals surface area contributed by atoms with Gasteiger partial charge >= 0.3 is 0 Å². The molecule has 2 aliphatic heterocycles. The lowest BCUT2D eigenvalue weighted by atomic mass is 9.47. The molecule has 186 valence electrons. The predicted octanol–water partition coefficient (Wildman–Crippen LogP) is 3.67. The molecule has 36 heavy (non-hydrogen) atoms. The summed E-state index contributed by atoms with van der Waals surface area (Å²) in [6.45, 7) is 3.96. The molecule has 4 atom stereocenters. The second-order valence-corrected chi connectivity index (χ2v) is 11.5. The summed E-state index contributed by atoms with van der Waals surface area (Å²) in [4.78, 5) is 29.5. The smallest absolute Gasteiger partial charge is 0.244 e. The van der Waals surface area contributed by atoms with Crippen LogP contribution in [0.2, 0.25) is 0 Å². The van der Waals surface area contributed by atoms with E-state index in [0.717, 1.165) is 48.5 Å². The molecule has 2 aromatic carbocycles. The van der Waals surface area contributed by atoms with Gasteiger partial charge in [-0.3, -0.25) is 14.5 Å². The number of phenolic OH excluding ortho intramolecular Hbond substituents is 1. The van der Waals surface area contributed by atoms with Crippen LogP contribution in [0.1, 0.15) is 54.4 Å². The molecule has 3 aliphatic carbocycles. The second-order valence-electron chi connectivity index (χ2n) is 11.5. The summed E-state index contributed by atoms with van der Waals surface area (Å²) in [5.74, 6) is 1.21. The van der Waals surface area contributed by atoms with Crippen molar-refractivity contribution in [2.24, 2.45) is 5.92 Å². The maximum Gasteiger partial charge on any atom is 0.244 e. The van der Waals surface area contributed by atoms with Crippen molar-refractivity contribution in [2.45, 2.75) is 68.5 Å². The maximum absolute atomic E-state index is 13.6. The zero-order chi connectivity index (χ0) is 24.7. The van der Waals surface area contributed by atoms with E-state index in [1.54, 1.807) is 12.1 Å². The molecule has 2 saturated carbocycles. The van der Waals surface area contributed by atoms with Gasteiger partial charge < -0.3 is 15.2 Å². The highest BCUT2D eigenvalue weighted by atomic mass is 16.5. The van der Waals surface area contributed by atoms with E-state index in [9.17, 15) is 14.7 Å². The number of ketones is 1. The summed E-state index contributed by atoms with van der Waals surface area (Å²) in [6.07, 6.45) is 7.82. The molecule has 2 aromatic rings. The van der Waals surface area contributed by atoms with Crippen molar-refractivity contribution < 1.29 is 19.4 Å². The number of Topliss-reactive ketones (excluding diaryl/α,β-unsaturated/α-hetero) is 1. The van der Waals surface area contributed by atoms with E-state index in [1.165, 1.54) is 18.4 Å². The Hall–Kier alpha value is -3.12. The molecule has 1 amide bonds. The van der Waals surface area contributed by atoms with Crippen molar-refractivity contribution in [3.63, 3.8) is 0 Å². The molecule has 3 fully saturated rings. The molecule has 2 heterocycles. The Morgan fingerprint density at radius 2 is 2.00 bits per heavy atom. The van der Waals surface area contributed by atoms with Gasteiger partial charge in [-0.1, -0.05) is 35.9 Å². The molecule has 2 N–H and O–H groups in total. The third-order valence-electron chi connectivity index (χ3n) is 9.46. The van der Waals surface area contributed by atoms with Crippen molar-refractivity contribution in [1.29, 1.82) is 0 Å². The molecular formula is C30H32N2O4. The molecule has 1 saturated heterocycles. The lowest BCUT2D eigenvalue weighted by Crippen LogP contribution is -2.81. The largest absolute Gasteiger partial charge is 0.504 e. The summed E-state index contributed by atoms with van der Waals surface area (Å²) in [7, 11) is 0. The summed E-state index contributed by atoms with van der Waals surface area (Å²) < 4.78 is 6.31. The van der Waals surface area contributed by atoms with Gasteiger partial charge in [0.25, 0.3) is 0 Å². The maximum atomic E-state index is 13.6. The molecule has 1 spiro atoms. The Bertz CT molecular complexity index is 1300. The number of carbonyl (C=O) groups is 2. The minimum absolute atomic E-state index is 0.0768. The van der Waals surface area contributed by atoms with Gasteiger partial charge in [0.05, 0.1) is 11.0 Å². The minimum atomic E-state index is -0.666. The molecule has 2 unspecified atom stereocenters. The molecule has 5 aliphatic rings. The van der Waals surface area contributed by atoms with E-state index in [1.807, 2.05) is 43.3 Å². The summed E-state index contributed by atoms with van der Waals surface area (Å²) in [6, 6.07) is 11.9. The number of rotatable bonds is 5. The molecule has 0 radical (unpaired) electrons. The number of hydrogen-bond acceptors (Lipinski definition) is 5. The Morgan fingerprint density at radius 1 is 1.19 bits per heavy atom. The highest BCUT2D eigenvalue weighted by Crippen LogP contribution is 2.65. The number of ether oxygens (including phenoxy) is 1. The lowest BCUT2D eigenvalue weighted by Gasteiger charge is -2.65. The van der Waals surface area contributed by atoms with Gasteiger partial charge in [0.2, 0.25) is 5.91 Å². The zero-order valence-electron chi connectivity index (χ0n) is 20.6. The molecule has 2 bridgehead atoms. The van der Waals surface area contributed by atoms with Crippen molar-refractivity contribution in [2.75, 3.05) is 13.1 Å². The zero-order valence-corrected chi connectivity index (χ0v) is 20.6. The number of benzene rings is 2. The third-order valence-corrected chi connectivity index (χ3v) is 9.46. The van der Waals surface area contributed by atoms with Gasteiger partial charge in [-0.25, -0.2) is 0 Å². The number of piperidine rings is 1. The van der Waals surface area contributed by atoms with Crippen LogP contribution in [-0.4, -0.2) is 52.5 Å². The van der Waals surface area contributed by atoms with Crippen molar-refractivity contribution in [3.05, 3.63) is 64.7 Å². The van der Waals surface area contributed by atoms with Crippen molar-refractivity contribution in [1.82, 2.24) is 10.2 Å². The number of likely N-dealkylation sites (tertiary alicyclic amines) is 1. The Kier molecular flexibility index (Phi) is 4.72. The van der Waals surface area contributed by atoms with Crippen molar-refractivity contribution >= 4 is 17.8 Å². The van der Waals surface area contributed by atoms with Gasteiger partial charge in [-0.15, -0.1) is 0 Å². The topological polar surface area (TPSA) is 78.9 Å². The van der Waals surface area contributed by atoms with Gasteiger partial charge in [0.15, 0.2) is 23.4 Å². The van der Waals surface area contributed by atoms with E-state index in [2.05, 4.69) is 10.2 Å². The van der Waals surface area contributed by atoms with E-state index in [4.69, 9.17) is 4.74 Å². The number of phenols is 1. The van der Waals surface area contributed by atoms with Crippen LogP contribution in [0.15, 0.2) is 42.5 Å². The van der Waals surface area contributed by atoms with Gasteiger partial charge in [0, 0.05) is 30.6 Å². The molecular weight excluding hydrogens is 452 g/mol. The monoisotopic (exact) mass is 484 g/mol. The normalized spacial score (nSPS) is 32.3. The quantitative estimate of drug-likeness (QED) is 0.633. The fourth-order valence-electron chi connectivity index (χ4n) is 7.67. The molecule has 6 nitrogen and oxygen atoms in total. The average Bonchev–Trinajstić information content (AvgIpc) is 3.61. The van der Waals surface area contributed by atoms with Gasteiger partial charge in [-0.2, -0.15) is 0 Å². The minimum Gasteiger partial charge on any atom is -0.504 e. The fraction of sp³-hybridized carbons (Fsp3) is 0.467. The molecule has 0 aromatic heterocycles. The van der Waals surface area contributed by atoms with Crippen LogP contribution < -0.4 is 10.1 Å².